The molecule has 0 fully saturated rings. The van der Waals surface area contributed by atoms with Crippen LogP contribution in [-0.4, -0.2) is 13.1 Å². The Morgan fingerprint density at radius 3 is 1.77 bits per heavy atom. The molecule has 0 bridgehead atoms. The Morgan fingerprint density at radius 1 is 0.692 bits per heavy atom. The second-order valence-electron chi connectivity index (χ2n) is 3.83. The Labute approximate surface area is 84.3 Å². The lowest BCUT2D eigenvalue weighted by atomic mass is 10.1. The van der Waals surface area contributed by atoms with Crippen molar-refractivity contribution in [3.05, 3.63) is 0 Å². The normalized spacial score (nSPS) is 10.6. The fourth-order valence-electron chi connectivity index (χ4n) is 1.56. The van der Waals surface area contributed by atoms with E-state index < -0.39 is 0 Å². The summed E-state index contributed by atoms with van der Waals surface area (Å²) < 4.78 is 0. The maximum Gasteiger partial charge on any atom is -0.00490 e. The van der Waals surface area contributed by atoms with Crippen molar-refractivity contribution in [2.45, 2.75) is 65.2 Å². The van der Waals surface area contributed by atoms with E-state index in [4.69, 9.17) is 0 Å². The summed E-state index contributed by atoms with van der Waals surface area (Å²) in [6, 6.07) is 0. The number of unbranched alkanes of at least 4 members (excludes halogenated alkanes) is 7. The minimum atomic E-state index is 1.12. The highest BCUT2D eigenvalue weighted by Gasteiger charge is 1.90. The van der Waals surface area contributed by atoms with Gasteiger partial charge in [0.2, 0.25) is 0 Å². The van der Waals surface area contributed by atoms with Crippen molar-refractivity contribution in [3.8, 4) is 0 Å². The van der Waals surface area contributed by atoms with Gasteiger partial charge in [-0.2, -0.15) is 0 Å². The molecule has 0 rings (SSSR count). The minimum absolute atomic E-state index is 1.12. The molecular formula is C12H27N. The molecule has 0 aromatic rings. The summed E-state index contributed by atoms with van der Waals surface area (Å²) >= 11 is 0. The molecule has 0 heterocycles. The fraction of sp³-hybridized carbons (Fsp3) is 1.00. The molecule has 0 atom stereocenters. The zero-order valence-corrected chi connectivity index (χ0v) is 9.57. The molecule has 0 spiro atoms. The number of hydrogen-bond acceptors (Lipinski definition) is 1. The zero-order valence-electron chi connectivity index (χ0n) is 9.57. The van der Waals surface area contributed by atoms with Gasteiger partial charge in [0.05, 0.1) is 0 Å². The van der Waals surface area contributed by atoms with Crippen molar-refractivity contribution in [2.24, 2.45) is 0 Å². The Morgan fingerprint density at radius 2 is 1.23 bits per heavy atom. The van der Waals surface area contributed by atoms with Crippen LogP contribution in [0.15, 0.2) is 0 Å². The van der Waals surface area contributed by atoms with Crippen LogP contribution in [0.5, 0.6) is 0 Å². The smallest absolute Gasteiger partial charge is 0.00490 e. The lowest BCUT2D eigenvalue weighted by molar-refractivity contribution is 0.560. The number of rotatable bonds is 10. The third-order valence-corrected chi connectivity index (χ3v) is 2.46. The van der Waals surface area contributed by atoms with Gasteiger partial charge in [-0.15, -0.1) is 0 Å². The lowest BCUT2D eigenvalue weighted by Crippen LogP contribution is -2.13. The molecule has 1 N–H and O–H groups in total. The van der Waals surface area contributed by atoms with Crippen LogP contribution in [0.25, 0.3) is 0 Å². The highest BCUT2D eigenvalue weighted by atomic mass is 14.8. The van der Waals surface area contributed by atoms with E-state index in [9.17, 15) is 0 Å². The predicted octanol–water partition coefficient (Wildman–Crippen LogP) is 3.74. The molecule has 0 aromatic heterocycles. The Balaban J connectivity index is 2.76. The Bertz CT molecular complexity index is 71.2. The first-order chi connectivity index (χ1) is 6.41. The summed E-state index contributed by atoms with van der Waals surface area (Å²) in [5, 5.41) is 3.36. The largest absolute Gasteiger partial charge is 0.317 e. The molecule has 13 heavy (non-hydrogen) atoms. The van der Waals surface area contributed by atoms with E-state index >= 15 is 0 Å². The van der Waals surface area contributed by atoms with Gasteiger partial charge in [-0.05, 0) is 19.5 Å². The highest BCUT2D eigenvalue weighted by Crippen LogP contribution is 2.07. The monoisotopic (exact) mass is 185 g/mol. The number of hydrogen-bond donors (Lipinski definition) is 1. The molecule has 0 saturated carbocycles. The van der Waals surface area contributed by atoms with Crippen LogP contribution in [0.3, 0.4) is 0 Å². The van der Waals surface area contributed by atoms with E-state index in [1.807, 2.05) is 0 Å². The summed E-state index contributed by atoms with van der Waals surface area (Å²) in [5.41, 5.74) is 0. The van der Waals surface area contributed by atoms with Crippen molar-refractivity contribution in [1.82, 2.24) is 5.32 Å². The van der Waals surface area contributed by atoms with Crippen molar-refractivity contribution >= 4 is 0 Å². The van der Waals surface area contributed by atoms with E-state index in [0.717, 1.165) is 6.54 Å². The van der Waals surface area contributed by atoms with Crippen LogP contribution in [0, 0.1) is 0 Å². The summed E-state index contributed by atoms with van der Waals surface area (Å²) in [6.45, 7) is 6.78. The molecule has 1 nitrogen and oxygen atoms in total. The first-order valence-electron chi connectivity index (χ1n) is 6.12. The molecule has 1 heteroatoms. The van der Waals surface area contributed by atoms with Gasteiger partial charge in [0.15, 0.2) is 0 Å². The van der Waals surface area contributed by atoms with E-state index in [2.05, 4.69) is 19.2 Å². The molecule has 0 aliphatic heterocycles. The molecule has 0 amide bonds. The van der Waals surface area contributed by atoms with E-state index in [0.29, 0.717) is 0 Å². The zero-order chi connectivity index (χ0) is 9.78. The van der Waals surface area contributed by atoms with Gasteiger partial charge in [0.25, 0.3) is 0 Å². The van der Waals surface area contributed by atoms with Crippen LogP contribution in [0.4, 0.5) is 0 Å². The molecule has 80 valence electrons. The molecule has 0 aliphatic carbocycles. The third-order valence-electron chi connectivity index (χ3n) is 2.46. The van der Waals surface area contributed by atoms with Crippen molar-refractivity contribution in [2.75, 3.05) is 13.1 Å². The maximum absolute atomic E-state index is 3.36. The quantitative estimate of drug-likeness (QED) is 0.511. The van der Waals surface area contributed by atoms with Crippen molar-refractivity contribution < 1.29 is 0 Å². The van der Waals surface area contributed by atoms with Crippen molar-refractivity contribution in [3.63, 3.8) is 0 Å². The van der Waals surface area contributed by atoms with Crippen LogP contribution < -0.4 is 5.32 Å². The highest BCUT2D eigenvalue weighted by molar-refractivity contribution is 4.48. The first kappa shape index (κ1) is 13.0. The molecule has 0 aliphatic rings. The van der Waals surface area contributed by atoms with E-state index in [1.54, 1.807) is 0 Å². The van der Waals surface area contributed by atoms with E-state index in [-0.39, 0.29) is 0 Å². The second-order valence-corrected chi connectivity index (χ2v) is 3.83. The van der Waals surface area contributed by atoms with E-state index in [1.165, 1.54) is 57.9 Å². The topological polar surface area (TPSA) is 12.0 Å². The summed E-state index contributed by atoms with van der Waals surface area (Å²) in [4.78, 5) is 0. The first-order valence-corrected chi connectivity index (χ1v) is 6.12. The average molecular weight is 185 g/mol. The van der Waals surface area contributed by atoms with Crippen molar-refractivity contribution in [1.29, 1.82) is 0 Å². The average Bonchev–Trinajstić information content (AvgIpc) is 2.16. The van der Waals surface area contributed by atoms with Gasteiger partial charge in [-0.1, -0.05) is 58.8 Å². The molecule has 0 aromatic carbocycles. The maximum atomic E-state index is 3.36. The van der Waals surface area contributed by atoms with Gasteiger partial charge >= 0.3 is 0 Å². The standard InChI is InChI=1S/C12H27N/c1-3-5-6-7-8-9-10-11-12-13-4-2/h13H,3-12H2,1-2H3. The lowest BCUT2D eigenvalue weighted by Gasteiger charge is -2.01. The van der Waals surface area contributed by atoms with Gasteiger partial charge in [-0.25, -0.2) is 0 Å². The van der Waals surface area contributed by atoms with Gasteiger partial charge in [0, 0.05) is 0 Å². The molecule has 0 radical (unpaired) electrons. The Kier molecular flexibility index (Phi) is 11.9. The molecule has 0 saturated heterocycles. The van der Waals surface area contributed by atoms with Crippen LogP contribution in [0.1, 0.15) is 65.2 Å². The van der Waals surface area contributed by atoms with Crippen LogP contribution in [-0.2, 0) is 0 Å². The predicted molar refractivity (Wildman–Crippen MR) is 61.2 cm³/mol. The van der Waals surface area contributed by atoms with Crippen LogP contribution in [0.2, 0.25) is 0 Å². The molecular weight excluding hydrogens is 158 g/mol. The third kappa shape index (κ3) is 12.0. The van der Waals surface area contributed by atoms with Crippen LogP contribution >= 0.6 is 0 Å². The van der Waals surface area contributed by atoms with Gasteiger partial charge < -0.3 is 5.32 Å². The Hall–Kier alpha value is -0.0400. The second kappa shape index (κ2) is 12.0. The summed E-state index contributed by atoms with van der Waals surface area (Å²) in [6.07, 6.45) is 11.4. The van der Waals surface area contributed by atoms with Gasteiger partial charge in [-0.3, -0.25) is 0 Å². The summed E-state index contributed by atoms with van der Waals surface area (Å²) in [5.74, 6) is 0. The minimum Gasteiger partial charge on any atom is -0.317 e. The molecule has 0 unspecified atom stereocenters. The fourth-order valence-corrected chi connectivity index (χ4v) is 1.56. The number of nitrogens with one attached hydrogen (secondary N) is 1. The van der Waals surface area contributed by atoms with Gasteiger partial charge in [0.1, 0.15) is 0 Å². The SMILES string of the molecule is CCCCCCCCCCNCC. The summed E-state index contributed by atoms with van der Waals surface area (Å²) in [7, 11) is 0.